The molecule has 8 atom stereocenters. The number of aliphatic hydroxyl groups excluding tert-OH is 8. The number of halogens is 3. The molecule has 0 saturated carbocycles. The molecule has 16 nitrogen and oxygen atoms in total. The van der Waals surface area contributed by atoms with Gasteiger partial charge in [0.2, 0.25) is 0 Å². The molecule has 8 unspecified atom stereocenters. The van der Waals surface area contributed by atoms with Gasteiger partial charge in [0.1, 0.15) is 17.5 Å². The molecule has 12 aromatic rings. The van der Waals surface area contributed by atoms with Crippen molar-refractivity contribution in [2.45, 2.75) is 165 Å². The van der Waals surface area contributed by atoms with E-state index < -0.39 is 11.6 Å². The first-order valence-electron chi connectivity index (χ1n) is 35.5. The van der Waals surface area contributed by atoms with Gasteiger partial charge in [-0.2, -0.15) is 0 Å². The topological polar surface area (TPSA) is 265 Å². The van der Waals surface area contributed by atoms with Gasteiger partial charge in [0.25, 0.3) is 0 Å². The SMILES string of the molecule is CC(O)CC(C)O.CC(O)CC(C)O.CC(O)CC(C)O.CC(O)CC(C)O.Cc1nc(-c2cc(F)cc(F)c2)cnc1-c1[c-]cccc1.Cc1nc(-c2ccc(F)cc2)cnc1-c1[c-]cccc1.Cc1nc(-c2ccccc2)c(C)nc1-c1[c-]cccc1.Cc1nc(-c2ccccc2)cnc1-c1[c-]cccc1.[Ir].[Ir].[Ir].[Ir]. The van der Waals surface area contributed by atoms with E-state index in [2.05, 4.69) is 66.3 Å². The average molecular weight is 2230 g/mol. The van der Waals surface area contributed by atoms with Crippen LogP contribution in [0.3, 0.4) is 0 Å². The maximum absolute atomic E-state index is 13.3. The van der Waals surface area contributed by atoms with Crippen LogP contribution in [-0.2, 0) is 80.4 Å². The average Bonchev–Trinajstić information content (AvgIpc) is 0.825. The van der Waals surface area contributed by atoms with Crippen LogP contribution in [0.2, 0.25) is 0 Å². The molecule has 0 saturated heterocycles. The van der Waals surface area contributed by atoms with E-state index in [1.807, 2.05) is 180 Å². The van der Waals surface area contributed by atoms with Crippen LogP contribution in [0.15, 0.2) is 219 Å². The zero-order valence-electron chi connectivity index (χ0n) is 64.9. The Morgan fingerprint density at radius 2 is 0.518 bits per heavy atom. The molecule has 0 spiro atoms. The summed E-state index contributed by atoms with van der Waals surface area (Å²) in [6.07, 6.45) is 3.92. The first-order valence-corrected chi connectivity index (χ1v) is 35.5. The number of rotatable bonds is 16. The molecular weight excluding hydrogens is 2130 g/mol. The van der Waals surface area contributed by atoms with E-state index in [0.29, 0.717) is 48.3 Å². The van der Waals surface area contributed by atoms with Crippen LogP contribution >= 0.6 is 0 Å². The second kappa shape index (κ2) is 54.8. The zero-order chi connectivity index (χ0) is 79.2. The Morgan fingerprint density at radius 1 is 0.268 bits per heavy atom. The summed E-state index contributed by atoms with van der Waals surface area (Å²) in [4.78, 5) is 36.4. The number of benzene rings is 8. The molecule has 4 heterocycles. The third-order valence-electron chi connectivity index (χ3n) is 15.1. The molecule has 0 bridgehead atoms. The van der Waals surface area contributed by atoms with E-state index in [1.165, 1.54) is 30.5 Å². The van der Waals surface area contributed by atoms with Crippen LogP contribution in [0.5, 0.6) is 0 Å². The summed E-state index contributed by atoms with van der Waals surface area (Å²) >= 11 is 0. The second-order valence-electron chi connectivity index (χ2n) is 25.9. The fraction of sp³-hybridized carbons (Fsp3) is 0.281. The second-order valence-corrected chi connectivity index (χ2v) is 25.9. The minimum Gasteiger partial charge on any atom is -0.393 e. The first-order chi connectivity index (χ1) is 51.5. The Balaban J connectivity index is 0.000000664. The van der Waals surface area contributed by atoms with E-state index >= 15 is 0 Å². The molecule has 4 aromatic heterocycles. The smallest absolute Gasteiger partial charge is 0.126 e. The van der Waals surface area contributed by atoms with Gasteiger partial charge in [0.15, 0.2) is 0 Å². The van der Waals surface area contributed by atoms with E-state index in [9.17, 15) is 13.2 Å². The van der Waals surface area contributed by atoms with Crippen molar-refractivity contribution in [3.05, 3.63) is 289 Å². The standard InChI is InChI=1S/C18H15N2.C17H11F2N2.C17H12FN2.C17H13N2.4C5H12O2.4Ir/c1-13-17(15-9-5-3-6-10-15)20-14(2)18(19-13)16-11-7-4-8-12-16;1-11-17(12-5-3-2-4-6-12)20-10-16(21-11)13-7-14(18)9-15(19)8-13;1-12-17(14-5-3-2-4-6-14)19-11-16(20-12)13-7-9-15(18)10-8-13;1-13-17(15-10-6-3-7-11-15)18-12-16(19-13)14-8-4-2-5-9-14;4*1-4(6)3-5(2)7;;;;/h3-11H,1-2H3;2-5,7-10H,1H3;2-5,7-11H,1H3;2-10,12H,1H3;4*4-7H,3H2,1-2H3;;;;/q4*-1;;;;;;;;. The van der Waals surface area contributed by atoms with Crippen molar-refractivity contribution in [2.75, 3.05) is 0 Å². The Labute approximate surface area is 712 Å². The molecule has 8 N–H and O–H groups in total. The summed E-state index contributed by atoms with van der Waals surface area (Å²) in [6.45, 7) is 23.0. The number of aromatic nitrogens is 8. The third-order valence-corrected chi connectivity index (χ3v) is 15.1. The van der Waals surface area contributed by atoms with Gasteiger partial charge in [-0.25, -0.2) is 13.2 Å². The molecule has 4 radical (unpaired) electrons. The zero-order valence-corrected chi connectivity index (χ0v) is 74.4. The maximum Gasteiger partial charge on any atom is 0.126 e. The fourth-order valence-corrected chi connectivity index (χ4v) is 10.5. The molecule has 0 aliphatic carbocycles. The van der Waals surface area contributed by atoms with Crippen LogP contribution in [0, 0.1) is 76.3 Å². The molecule has 0 aliphatic rings. The summed E-state index contributed by atoms with van der Waals surface area (Å²) < 4.78 is 39.5. The van der Waals surface area contributed by atoms with Crippen LogP contribution < -0.4 is 0 Å². The fourth-order valence-electron chi connectivity index (χ4n) is 10.5. The van der Waals surface area contributed by atoms with E-state index in [4.69, 9.17) is 50.8 Å². The predicted molar refractivity (Wildman–Crippen MR) is 422 cm³/mol. The minimum atomic E-state index is -0.634. The van der Waals surface area contributed by atoms with Crippen molar-refractivity contribution in [1.29, 1.82) is 0 Å². The van der Waals surface area contributed by atoms with Gasteiger partial charge >= 0.3 is 0 Å². The Bertz CT molecular complexity index is 4370. The van der Waals surface area contributed by atoms with Gasteiger partial charge in [0.05, 0.1) is 77.3 Å². The summed E-state index contributed by atoms with van der Waals surface area (Å²) in [7, 11) is 0. The van der Waals surface area contributed by atoms with Crippen molar-refractivity contribution in [2.24, 2.45) is 0 Å². The van der Waals surface area contributed by atoms with Gasteiger partial charge in [-0.3, -0.25) is 24.9 Å². The number of hydrogen-bond donors (Lipinski definition) is 8. The molecule has 604 valence electrons. The monoisotopic (exact) mass is 2240 g/mol. The van der Waals surface area contributed by atoms with Gasteiger partial charge in [-0.1, -0.05) is 60.7 Å². The van der Waals surface area contributed by atoms with Crippen molar-refractivity contribution in [3.63, 3.8) is 0 Å². The third kappa shape index (κ3) is 38.3. The summed E-state index contributed by atoms with van der Waals surface area (Å²) in [5, 5.41) is 68.5. The normalized spacial score (nSPS) is 12.2. The van der Waals surface area contributed by atoms with Crippen LogP contribution in [0.1, 0.15) is 110 Å². The number of aliphatic hydroxyl groups is 8. The molecule has 0 fully saturated rings. The number of hydrogen-bond acceptors (Lipinski definition) is 16. The van der Waals surface area contributed by atoms with Crippen molar-refractivity contribution < 1.29 is 134 Å². The van der Waals surface area contributed by atoms with Crippen molar-refractivity contribution in [3.8, 4) is 90.1 Å². The van der Waals surface area contributed by atoms with Crippen molar-refractivity contribution >= 4 is 0 Å². The van der Waals surface area contributed by atoms with E-state index in [-0.39, 0.29) is 135 Å². The molecule has 23 heteroatoms. The maximum atomic E-state index is 13.3. The number of nitrogens with zero attached hydrogens (tertiary/aromatic N) is 8. The van der Waals surface area contributed by atoms with Crippen molar-refractivity contribution in [1.82, 2.24) is 39.9 Å². The summed E-state index contributed by atoms with van der Waals surface area (Å²) in [5.74, 6) is -1.52. The van der Waals surface area contributed by atoms with Crippen LogP contribution in [-0.4, -0.2) is 130 Å². The number of aryl methyl sites for hydroxylation is 5. The minimum absolute atomic E-state index is 0. The van der Waals surface area contributed by atoms with E-state index in [1.54, 1.807) is 79.8 Å². The largest absolute Gasteiger partial charge is 0.393 e. The quantitative estimate of drug-likeness (QED) is 0.0418. The Morgan fingerprint density at radius 3 is 0.795 bits per heavy atom. The predicted octanol–water partition coefficient (Wildman–Crippen LogP) is 16.9. The van der Waals surface area contributed by atoms with Gasteiger partial charge in [0, 0.05) is 173 Å². The molecule has 12 rings (SSSR count). The van der Waals surface area contributed by atoms with Gasteiger partial charge in [-0.05, 0) is 152 Å². The molecule has 0 aliphatic heterocycles. The molecule has 8 aromatic carbocycles. The Hall–Kier alpha value is -7.85. The van der Waals surface area contributed by atoms with E-state index in [0.717, 1.165) is 102 Å². The molecule has 112 heavy (non-hydrogen) atoms. The summed E-state index contributed by atoms with van der Waals surface area (Å²) in [6, 6.07) is 73.2. The summed E-state index contributed by atoms with van der Waals surface area (Å²) in [5.41, 5.74) is 17.8. The first kappa shape index (κ1) is 102. The Kier molecular flexibility index (Phi) is 50.0. The van der Waals surface area contributed by atoms with Gasteiger partial charge in [-0.15, -0.1) is 144 Å². The van der Waals surface area contributed by atoms with Crippen LogP contribution in [0.4, 0.5) is 13.2 Å². The van der Waals surface area contributed by atoms with Crippen LogP contribution in [0.25, 0.3) is 90.1 Å². The van der Waals surface area contributed by atoms with Gasteiger partial charge < -0.3 is 55.8 Å². The molecule has 0 amide bonds. The molecular formula is C89H99F3Ir4N8O8-4.